The molecule has 1 heterocycles. The van der Waals surface area contributed by atoms with Crippen molar-refractivity contribution in [2.45, 2.75) is 45.6 Å². The van der Waals surface area contributed by atoms with Crippen molar-refractivity contribution in [2.24, 2.45) is 5.41 Å². The summed E-state index contributed by atoms with van der Waals surface area (Å²) in [6, 6.07) is 0.785. The molecule has 0 aromatic carbocycles. The Labute approximate surface area is 113 Å². The van der Waals surface area contributed by atoms with Crippen molar-refractivity contribution < 1.29 is 0 Å². The molecule has 3 heteroatoms. The number of likely N-dealkylation sites (N-methyl/N-ethyl adjacent to an activating group) is 1. The molecule has 0 aromatic heterocycles. The van der Waals surface area contributed by atoms with Gasteiger partial charge in [0.15, 0.2) is 0 Å². The molecular formula is C15H31N3. The van der Waals surface area contributed by atoms with Crippen molar-refractivity contribution >= 4 is 0 Å². The molecule has 0 amide bonds. The topological polar surface area (TPSA) is 18.5 Å². The predicted molar refractivity (Wildman–Crippen MR) is 78.0 cm³/mol. The van der Waals surface area contributed by atoms with E-state index in [4.69, 9.17) is 0 Å². The van der Waals surface area contributed by atoms with E-state index in [0.717, 1.165) is 6.04 Å². The number of piperazine rings is 1. The van der Waals surface area contributed by atoms with Gasteiger partial charge in [0.2, 0.25) is 0 Å². The average Bonchev–Trinajstić information content (AvgIpc) is 2.67. The first-order valence-corrected chi connectivity index (χ1v) is 7.69. The van der Waals surface area contributed by atoms with Gasteiger partial charge in [0.1, 0.15) is 0 Å². The normalized spacial score (nSPS) is 29.8. The molecule has 1 aliphatic carbocycles. The molecule has 2 aliphatic rings. The van der Waals surface area contributed by atoms with Gasteiger partial charge in [-0.3, -0.25) is 0 Å². The molecule has 0 aromatic rings. The van der Waals surface area contributed by atoms with Gasteiger partial charge in [-0.25, -0.2) is 0 Å². The van der Waals surface area contributed by atoms with Gasteiger partial charge >= 0.3 is 0 Å². The molecule has 1 aliphatic heterocycles. The SMILES string of the molecule is CN1CCN(CCCNC2CCC(C)(C)C2)CC1. The Morgan fingerprint density at radius 3 is 2.50 bits per heavy atom. The monoisotopic (exact) mass is 253 g/mol. The third-order valence-corrected chi connectivity index (χ3v) is 4.65. The van der Waals surface area contributed by atoms with Crippen LogP contribution in [0.2, 0.25) is 0 Å². The average molecular weight is 253 g/mol. The lowest BCUT2D eigenvalue weighted by Crippen LogP contribution is -2.45. The van der Waals surface area contributed by atoms with Crippen molar-refractivity contribution in [1.82, 2.24) is 15.1 Å². The number of hydrogen-bond donors (Lipinski definition) is 1. The van der Waals surface area contributed by atoms with Gasteiger partial charge in [-0.2, -0.15) is 0 Å². The van der Waals surface area contributed by atoms with Crippen LogP contribution < -0.4 is 5.32 Å². The van der Waals surface area contributed by atoms with E-state index in [1.54, 1.807) is 0 Å². The largest absolute Gasteiger partial charge is 0.314 e. The van der Waals surface area contributed by atoms with E-state index in [9.17, 15) is 0 Å². The summed E-state index contributed by atoms with van der Waals surface area (Å²) in [4.78, 5) is 5.04. The van der Waals surface area contributed by atoms with Crippen LogP contribution in [0.4, 0.5) is 0 Å². The van der Waals surface area contributed by atoms with Crippen molar-refractivity contribution in [3.8, 4) is 0 Å². The van der Waals surface area contributed by atoms with E-state index >= 15 is 0 Å². The summed E-state index contributed by atoms with van der Waals surface area (Å²) in [5.74, 6) is 0. The van der Waals surface area contributed by atoms with E-state index in [1.807, 2.05) is 0 Å². The van der Waals surface area contributed by atoms with Gasteiger partial charge < -0.3 is 15.1 Å². The first-order valence-electron chi connectivity index (χ1n) is 7.69. The number of rotatable bonds is 5. The van der Waals surface area contributed by atoms with Crippen LogP contribution in [0, 0.1) is 5.41 Å². The lowest BCUT2D eigenvalue weighted by atomic mass is 9.92. The third-order valence-electron chi connectivity index (χ3n) is 4.65. The van der Waals surface area contributed by atoms with Gasteiger partial charge in [-0.15, -0.1) is 0 Å². The molecule has 1 unspecified atom stereocenters. The highest BCUT2D eigenvalue weighted by atomic mass is 15.2. The second-order valence-electron chi connectivity index (χ2n) is 7.06. The molecule has 0 spiro atoms. The van der Waals surface area contributed by atoms with Gasteiger partial charge in [-0.05, 0) is 51.2 Å². The van der Waals surface area contributed by atoms with Crippen LogP contribution in [0.1, 0.15) is 39.5 Å². The van der Waals surface area contributed by atoms with Gasteiger partial charge in [0, 0.05) is 32.2 Å². The second kappa shape index (κ2) is 6.36. The summed E-state index contributed by atoms with van der Waals surface area (Å²) in [7, 11) is 2.22. The van der Waals surface area contributed by atoms with Crippen molar-refractivity contribution in [3.05, 3.63) is 0 Å². The Bertz CT molecular complexity index is 244. The van der Waals surface area contributed by atoms with Crippen LogP contribution in [0.15, 0.2) is 0 Å². The molecule has 18 heavy (non-hydrogen) atoms. The minimum absolute atomic E-state index is 0.578. The van der Waals surface area contributed by atoms with E-state index in [-0.39, 0.29) is 0 Å². The fourth-order valence-electron chi connectivity index (χ4n) is 3.29. The summed E-state index contributed by atoms with van der Waals surface area (Å²) in [6.45, 7) is 12.3. The Morgan fingerprint density at radius 1 is 1.17 bits per heavy atom. The maximum atomic E-state index is 3.75. The maximum Gasteiger partial charge on any atom is 0.0110 e. The third kappa shape index (κ3) is 4.52. The fraction of sp³-hybridized carbons (Fsp3) is 1.00. The molecule has 0 radical (unpaired) electrons. The molecular weight excluding hydrogens is 222 g/mol. The molecule has 1 N–H and O–H groups in total. The maximum absolute atomic E-state index is 3.75. The lowest BCUT2D eigenvalue weighted by molar-refractivity contribution is 0.152. The summed E-state index contributed by atoms with van der Waals surface area (Å²) < 4.78 is 0. The van der Waals surface area contributed by atoms with Gasteiger partial charge in [-0.1, -0.05) is 13.8 Å². The van der Waals surface area contributed by atoms with Crippen LogP contribution in [0.3, 0.4) is 0 Å². The Morgan fingerprint density at radius 2 is 1.89 bits per heavy atom. The van der Waals surface area contributed by atoms with Crippen LogP contribution in [-0.2, 0) is 0 Å². The zero-order valence-corrected chi connectivity index (χ0v) is 12.5. The molecule has 0 bridgehead atoms. The fourth-order valence-corrected chi connectivity index (χ4v) is 3.29. The van der Waals surface area contributed by atoms with Crippen LogP contribution in [0.25, 0.3) is 0 Å². The van der Waals surface area contributed by atoms with Crippen molar-refractivity contribution in [2.75, 3.05) is 46.3 Å². The first-order chi connectivity index (χ1) is 8.55. The molecule has 2 fully saturated rings. The summed E-state index contributed by atoms with van der Waals surface area (Å²) in [6.07, 6.45) is 5.44. The molecule has 2 rings (SSSR count). The summed E-state index contributed by atoms with van der Waals surface area (Å²) >= 11 is 0. The molecule has 106 valence electrons. The Balaban J connectivity index is 1.51. The summed E-state index contributed by atoms with van der Waals surface area (Å²) in [5, 5.41) is 3.75. The van der Waals surface area contributed by atoms with Gasteiger partial charge in [0.05, 0.1) is 0 Å². The van der Waals surface area contributed by atoms with Crippen LogP contribution in [-0.4, -0.2) is 62.2 Å². The molecule has 1 saturated carbocycles. The van der Waals surface area contributed by atoms with E-state index < -0.39 is 0 Å². The zero-order valence-electron chi connectivity index (χ0n) is 12.5. The summed E-state index contributed by atoms with van der Waals surface area (Å²) in [5.41, 5.74) is 0.578. The smallest absolute Gasteiger partial charge is 0.0110 e. The quantitative estimate of drug-likeness (QED) is 0.754. The van der Waals surface area contributed by atoms with Crippen molar-refractivity contribution in [3.63, 3.8) is 0 Å². The molecule has 1 saturated heterocycles. The number of hydrogen-bond acceptors (Lipinski definition) is 3. The minimum Gasteiger partial charge on any atom is -0.314 e. The van der Waals surface area contributed by atoms with Gasteiger partial charge in [0.25, 0.3) is 0 Å². The zero-order chi connectivity index (χ0) is 13.0. The number of nitrogens with zero attached hydrogens (tertiary/aromatic N) is 2. The highest BCUT2D eigenvalue weighted by molar-refractivity contribution is 4.86. The van der Waals surface area contributed by atoms with Crippen molar-refractivity contribution in [1.29, 1.82) is 0 Å². The van der Waals surface area contributed by atoms with E-state index in [2.05, 4.69) is 36.0 Å². The highest BCUT2D eigenvalue weighted by Gasteiger charge is 2.30. The highest BCUT2D eigenvalue weighted by Crippen LogP contribution is 2.36. The predicted octanol–water partition coefficient (Wildman–Crippen LogP) is 1.79. The minimum atomic E-state index is 0.578. The van der Waals surface area contributed by atoms with Crippen LogP contribution >= 0.6 is 0 Å². The van der Waals surface area contributed by atoms with E-state index in [0.29, 0.717) is 5.41 Å². The number of nitrogens with one attached hydrogen (secondary N) is 1. The lowest BCUT2D eigenvalue weighted by Gasteiger charge is -2.32. The second-order valence-corrected chi connectivity index (χ2v) is 7.06. The van der Waals surface area contributed by atoms with E-state index in [1.165, 1.54) is 65.0 Å². The Kier molecular flexibility index (Phi) is 5.05. The molecule has 3 nitrogen and oxygen atoms in total. The first kappa shape index (κ1) is 14.3. The molecule has 1 atom stereocenters. The van der Waals surface area contributed by atoms with Crippen LogP contribution in [0.5, 0.6) is 0 Å². The Hall–Kier alpha value is -0.120. The standard InChI is InChI=1S/C15H31N3/c1-15(2)6-5-14(13-15)16-7-4-8-18-11-9-17(3)10-12-18/h14,16H,4-13H2,1-3H3.